The molecular weight excluding hydrogens is 294 g/mol. The molecule has 7 heteroatoms. The van der Waals surface area contributed by atoms with E-state index in [9.17, 15) is 9.90 Å². The van der Waals surface area contributed by atoms with Gasteiger partial charge in [0.05, 0.1) is 12.2 Å². The van der Waals surface area contributed by atoms with Gasteiger partial charge in [-0.1, -0.05) is 18.2 Å². The molecule has 1 atom stereocenters. The highest BCUT2D eigenvalue weighted by Crippen LogP contribution is 2.09. The molecule has 1 aromatic heterocycles. The van der Waals surface area contributed by atoms with Crippen molar-refractivity contribution in [1.29, 1.82) is 0 Å². The van der Waals surface area contributed by atoms with Crippen molar-refractivity contribution in [2.24, 2.45) is 0 Å². The number of piperazine rings is 1. The maximum atomic E-state index is 11.8. The number of amides is 1. The van der Waals surface area contributed by atoms with Crippen molar-refractivity contribution in [2.45, 2.75) is 19.6 Å². The number of benzene rings is 1. The number of carbonyl (C=O) groups excluding carboxylic acids is 1. The predicted octanol–water partition coefficient (Wildman–Crippen LogP) is 0.292. The fourth-order valence-corrected chi connectivity index (χ4v) is 2.67. The Morgan fingerprint density at radius 2 is 1.91 bits per heavy atom. The summed E-state index contributed by atoms with van der Waals surface area (Å²) in [6.45, 7) is 4.95. The molecule has 1 saturated heterocycles. The van der Waals surface area contributed by atoms with Crippen LogP contribution >= 0.6 is 0 Å². The molecule has 23 heavy (non-hydrogen) atoms. The molecule has 7 nitrogen and oxygen atoms in total. The minimum absolute atomic E-state index is 0.198. The normalized spacial score (nSPS) is 17.2. The van der Waals surface area contributed by atoms with Crippen LogP contribution < -0.4 is 0 Å². The lowest BCUT2D eigenvalue weighted by atomic mass is 10.2. The molecule has 0 aliphatic carbocycles. The molecule has 3 rings (SSSR count). The molecule has 0 radical (unpaired) electrons. The van der Waals surface area contributed by atoms with Crippen LogP contribution in [0.3, 0.4) is 0 Å². The summed E-state index contributed by atoms with van der Waals surface area (Å²) in [5.74, 6) is 0.570. The molecular formula is C16H21N5O2. The van der Waals surface area contributed by atoms with Crippen molar-refractivity contribution in [1.82, 2.24) is 24.6 Å². The van der Waals surface area contributed by atoms with E-state index < -0.39 is 6.10 Å². The van der Waals surface area contributed by atoms with Gasteiger partial charge in [-0.3, -0.25) is 9.69 Å². The van der Waals surface area contributed by atoms with Crippen LogP contribution in [0.1, 0.15) is 12.7 Å². The Morgan fingerprint density at radius 3 is 2.57 bits per heavy atom. The van der Waals surface area contributed by atoms with Gasteiger partial charge in [-0.15, -0.1) is 5.10 Å². The molecule has 1 aliphatic rings. The number of aromatic nitrogens is 3. The lowest BCUT2D eigenvalue weighted by Gasteiger charge is -2.34. The smallest absolute Gasteiger partial charge is 0.251 e. The van der Waals surface area contributed by atoms with Gasteiger partial charge < -0.3 is 10.0 Å². The first-order valence-electron chi connectivity index (χ1n) is 7.78. The Morgan fingerprint density at radius 1 is 1.22 bits per heavy atom. The van der Waals surface area contributed by atoms with Gasteiger partial charge in [0.25, 0.3) is 5.91 Å². The molecule has 1 fully saturated rings. The monoisotopic (exact) mass is 315 g/mol. The van der Waals surface area contributed by atoms with Gasteiger partial charge in [-0.2, -0.15) is 0 Å². The second-order valence-corrected chi connectivity index (χ2v) is 5.72. The molecule has 1 aromatic carbocycles. The molecule has 1 aliphatic heterocycles. The minimum atomic E-state index is -0.926. The summed E-state index contributed by atoms with van der Waals surface area (Å²) in [6.07, 6.45) is 0.794. The fraction of sp³-hybridized carbons (Fsp3) is 0.438. The van der Waals surface area contributed by atoms with Gasteiger partial charge in [-0.05, 0) is 19.1 Å². The van der Waals surface area contributed by atoms with Crippen molar-refractivity contribution in [3.63, 3.8) is 0 Å². The van der Waals surface area contributed by atoms with E-state index in [1.807, 2.05) is 30.3 Å². The summed E-state index contributed by atoms with van der Waals surface area (Å²) in [6, 6.07) is 9.87. The molecule has 0 bridgehead atoms. The van der Waals surface area contributed by atoms with E-state index in [0.29, 0.717) is 19.6 Å². The van der Waals surface area contributed by atoms with Crippen LogP contribution in [-0.2, 0) is 11.3 Å². The van der Waals surface area contributed by atoms with Crippen molar-refractivity contribution < 1.29 is 9.90 Å². The molecule has 1 amide bonds. The quantitative estimate of drug-likeness (QED) is 0.878. The van der Waals surface area contributed by atoms with Crippen molar-refractivity contribution >= 4 is 5.91 Å². The van der Waals surface area contributed by atoms with Crippen LogP contribution in [0.2, 0.25) is 0 Å². The third kappa shape index (κ3) is 3.75. The van der Waals surface area contributed by atoms with Crippen molar-refractivity contribution in [3.05, 3.63) is 42.5 Å². The zero-order chi connectivity index (χ0) is 16.2. The van der Waals surface area contributed by atoms with Crippen LogP contribution in [0.4, 0.5) is 0 Å². The zero-order valence-electron chi connectivity index (χ0n) is 13.2. The molecule has 1 N–H and O–H groups in total. The average molecular weight is 315 g/mol. The van der Waals surface area contributed by atoms with Crippen LogP contribution in [0.15, 0.2) is 36.7 Å². The fourth-order valence-electron chi connectivity index (χ4n) is 2.67. The van der Waals surface area contributed by atoms with Gasteiger partial charge in [0, 0.05) is 26.2 Å². The number of aliphatic hydroxyl groups is 1. The third-order valence-electron chi connectivity index (χ3n) is 3.97. The van der Waals surface area contributed by atoms with Crippen LogP contribution in [0.5, 0.6) is 0 Å². The number of nitrogens with zero attached hydrogens (tertiary/aromatic N) is 5. The highest BCUT2D eigenvalue weighted by Gasteiger charge is 2.24. The standard InChI is InChI=1S/C16H21N5O2/c1-13(22)16(23)20-9-7-19(8-10-20)11-15-17-12-21(18-15)14-5-3-2-4-6-14/h2-6,12-13,22H,7-11H2,1H3. The number of aliphatic hydroxyl groups excluding tert-OH is 1. The first-order valence-corrected chi connectivity index (χ1v) is 7.78. The Hall–Kier alpha value is -2.25. The Bertz CT molecular complexity index is 648. The first kappa shape index (κ1) is 15.6. The van der Waals surface area contributed by atoms with Gasteiger partial charge in [0.15, 0.2) is 5.82 Å². The second-order valence-electron chi connectivity index (χ2n) is 5.72. The van der Waals surface area contributed by atoms with Gasteiger partial charge in [0.2, 0.25) is 0 Å². The van der Waals surface area contributed by atoms with E-state index in [1.54, 1.807) is 15.9 Å². The number of hydrogen-bond acceptors (Lipinski definition) is 5. The lowest BCUT2D eigenvalue weighted by molar-refractivity contribution is -0.141. The highest BCUT2D eigenvalue weighted by atomic mass is 16.3. The summed E-state index contributed by atoms with van der Waals surface area (Å²) in [7, 11) is 0. The van der Waals surface area contributed by atoms with Gasteiger partial charge >= 0.3 is 0 Å². The highest BCUT2D eigenvalue weighted by molar-refractivity contribution is 5.80. The van der Waals surface area contributed by atoms with Crippen LogP contribution in [0, 0.1) is 0 Å². The molecule has 2 aromatic rings. The summed E-state index contributed by atoms with van der Waals surface area (Å²) >= 11 is 0. The topological polar surface area (TPSA) is 74.5 Å². The van der Waals surface area contributed by atoms with E-state index in [-0.39, 0.29) is 5.91 Å². The first-order chi connectivity index (χ1) is 11.1. The summed E-state index contributed by atoms with van der Waals surface area (Å²) < 4.78 is 1.77. The molecule has 1 unspecified atom stereocenters. The largest absolute Gasteiger partial charge is 0.384 e. The Kier molecular flexibility index (Phi) is 4.68. The maximum absolute atomic E-state index is 11.8. The predicted molar refractivity (Wildman–Crippen MR) is 84.9 cm³/mol. The van der Waals surface area contributed by atoms with Crippen molar-refractivity contribution in [3.8, 4) is 5.69 Å². The van der Waals surface area contributed by atoms with E-state index in [2.05, 4.69) is 15.0 Å². The number of hydrogen-bond donors (Lipinski definition) is 1. The number of carbonyl (C=O) groups is 1. The van der Waals surface area contributed by atoms with Crippen LogP contribution in [-0.4, -0.2) is 67.9 Å². The van der Waals surface area contributed by atoms with E-state index in [4.69, 9.17) is 0 Å². The average Bonchev–Trinajstić information content (AvgIpc) is 3.04. The summed E-state index contributed by atoms with van der Waals surface area (Å²) in [5, 5.41) is 13.9. The molecule has 2 heterocycles. The Labute approximate surface area is 135 Å². The zero-order valence-corrected chi connectivity index (χ0v) is 13.2. The van der Waals surface area contributed by atoms with Crippen LogP contribution in [0.25, 0.3) is 5.69 Å². The Balaban J connectivity index is 1.55. The minimum Gasteiger partial charge on any atom is -0.384 e. The van der Waals surface area contributed by atoms with Gasteiger partial charge in [0.1, 0.15) is 12.4 Å². The van der Waals surface area contributed by atoms with E-state index in [1.165, 1.54) is 6.92 Å². The molecule has 0 spiro atoms. The number of para-hydroxylation sites is 1. The summed E-state index contributed by atoms with van der Waals surface area (Å²) in [4.78, 5) is 20.0. The maximum Gasteiger partial charge on any atom is 0.251 e. The second kappa shape index (κ2) is 6.89. The SMILES string of the molecule is CC(O)C(=O)N1CCN(Cc2ncn(-c3ccccc3)n2)CC1. The lowest BCUT2D eigenvalue weighted by Crippen LogP contribution is -2.50. The van der Waals surface area contributed by atoms with E-state index >= 15 is 0 Å². The molecule has 122 valence electrons. The van der Waals surface area contributed by atoms with Gasteiger partial charge in [-0.25, -0.2) is 9.67 Å². The van der Waals surface area contributed by atoms with E-state index in [0.717, 1.165) is 24.6 Å². The third-order valence-corrected chi connectivity index (χ3v) is 3.97. The summed E-state index contributed by atoms with van der Waals surface area (Å²) in [5.41, 5.74) is 0.985. The number of rotatable bonds is 4. The van der Waals surface area contributed by atoms with Crippen molar-refractivity contribution in [2.75, 3.05) is 26.2 Å². The molecule has 0 saturated carbocycles.